The van der Waals surface area contributed by atoms with Crippen molar-refractivity contribution in [3.8, 4) is 22.8 Å². The van der Waals surface area contributed by atoms with Gasteiger partial charge < -0.3 is 19.9 Å². The predicted octanol–water partition coefficient (Wildman–Crippen LogP) is 2.23. The Kier molecular flexibility index (Phi) is 4.12. The van der Waals surface area contributed by atoms with E-state index in [9.17, 15) is 5.11 Å². The average molecular weight is 320 g/mol. The third kappa shape index (κ3) is 2.70. The number of aromatic hydroxyl groups is 1. The first kappa shape index (κ1) is 14.6. The van der Waals surface area contributed by atoms with Gasteiger partial charge in [-0.2, -0.15) is 0 Å². The van der Waals surface area contributed by atoms with Crippen LogP contribution in [0.1, 0.15) is 0 Å². The van der Waals surface area contributed by atoms with Crippen LogP contribution in [-0.2, 0) is 4.74 Å². The molecule has 7 nitrogen and oxygen atoms in total. The number of imidazole rings is 1. The average Bonchev–Trinajstić information content (AvgIpc) is 3.08. The van der Waals surface area contributed by atoms with Crippen molar-refractivity contribution in [1.29, 1.82) is 0 Å². The minimum atomic E-state index is 0.104. The van der Waals surface area contributed by atoms with Gasteiger partial charge in [-0.25, -0.2) is 9.50 Å². The molecule has 0 radical (unpaired) electrons. The molecule has 3 rings (SSSR count). The van der Waals surface area contributed by atoms with Crippen LogP contribution in [0.5, 0.6) is 11.5 Å². The van der Waals surface area contributed by atoms with Crippen molar-refractivity contribution in [2.45, 2.75) is 0 Å². The molecule has 2 heterocycles. The van der Waals surface area contributed by atoms with Gasteiger partial charge in [0.25, 0.3) is 0 Å². The number of phenols is 1. The molecule has 0 amide bonds. The lowest BCUT2D eigenvalue weighted by atomic mass is 10.1. The number of fused-ring (bicyclic) bond motifs is 1. The number of rotatable bonds is 6. The lowest BCUT2D eigenvalue weighted by Gasteiger charge is -2.05. The highest BCUT2D eigenvalue weighted by atomic mass is 32.1. The van der Waals surface area contributed by atoms with Crippen molar-refractivity contribution in [2.24, 2.45) is 0 Å². The van der Waals surface area contributed by atoms with Crippen LogP contribution in [0.25, 0.3) is 16.2 Å². The number of nitrogens with zero attached hydrogens (tertiary/aromatic N) is 3. The van der Waals surface area contributed by atoms with Gasteiger partial charge in [0.1, 0.15) is 0 Å². The highest BCUT2D eigenvalue weighted by Crippen LogP contribution is 2.32. The van der Waals surface area contributed by atoms with E-state index in [4.69, 9.17) is 9.47 Å². The number of phenolic OH excluding ortho intramolecular Hbond substituents is 1. The van der Waals surface area contributed by atoms with E-state index in [1.165, 1.54) is 18.4 Å². The van der Waals surface area contributed by atoms with E-state index in [0.717, 1.165) is 21.3 Å². The number of nitrogens with one attached hydrogen (secondary N) is 1. The highest BCUT2D eigenvalue weighted by Gasteiger charge is 2.13. The Morgan fingerprint density at radius 3 is 3.00 bits per heavy atom. The second-order valence-corrected chi connectivity index (χ2v) is 5.51. The summed E-state index contributed by atoms with van der Waals surface area (Å²) in [4.78, 5) is 5.16. The van der Waals surface area contributed by atoms with Gasteiger partial charge in [-0.05, 0) is 18.2 Å². The maximum Gasteiger partial charge on any atom is 0.214 e. The van der Waals surface area contributed by atoms with Crippen molar-refractivity contribution in [3.63, 3.8) is 0 Å². The number of aromatic nitrogens is 3. The van der Waals surface area contributed by atoms with Crippen LogP contribution in [0.3, 0.4) is 0 Å². The van der Waals surface area contributed by atoms with E-state index in [1.807, 2.05) is 0 Å². The summed E-state index contributed by atoms with van der Waals surface area (Å²) < 4.78 is 11.9. The monoisotopic (exact) mass is 320 g/mol. The van der Waals surface area contributed by atoms with Crippen molar-refractivity contribution in [1.82, 2.24) is 14.6 Å². The van der Waals surface area contributed by atoms with Gasteiger partial charge in [0, 0.05) is 19.2 Å². The van der Waals surface area contributed by atoms with E-state index in [1.54, 1.807) is 36.0 Å². The number of hydrogen-bond donors (Lipinski definition) is 2. The largest absolute Gasteiger partial charge is 0.504 e. The SMILES string of the molecule is COCCNc1nn2c(-c3ccc(O)c(OC)c3)cnc2s1. The molecule has 3 aromatic rings. The van der Waals surface area contributed by atoms with Gasteiger partial charge in [0.2, 0.25) is 10.1 Å². The van der Waals surface area contributed by atoms with Crippen LogP contribution < -0.4 is 10.1 Å². The van der Waals surface area contributed by atoms with Crippen LogP contribution in [0.4, 0.5) is 5.13 Å². The Morgan fingerprint density at radius 1 is 1.36 bits per heavy atom. The van der Waals surface area contributed by atoms with Crippen LogP contribution in [0.15, 0.2) is 24.4 Å². The van der Waals surface area contributed by atoms with E-state index >= 15 is 0 Å². The summed E-state index contributed by atoms with van der Waals surface area (Å²) in [7, 11) is 3.18. The second kappa shape index (κ2) is 6.20. The molecule has 22 heavy (non-hydrogen) atoms. The van der Waals surface area contributed by atoms with Gasteiger partial charge in [0.05, 0.1) is 25.6 Å². The van der Waals surface area contributed by atoms with E-state index in [2.05, 4.69) is 15.4 Å². The molecule has 2 aromatic heterocycles. The van der Waals surface area contributed by atoms with Crippen molar-refractivity contribution < 1.29 is 14.6 Å². The normalized spacial score (nSPS) is 11.0. The molecular formula is C14H16N4O3S. The van der Waals surface area contributed by atoms with E-state index < -0.39 is 0 Å². The fraction of sp³-hybridized carbons (Fsp3) is 0.286. The molecule has 0 aliphatic heterocycles. The quantitative estimate of drug-likeness (QED) is 0.678. The van der Waals surface area contributed by atoms with E-state index in [0.29, 0.717) is 18.9 Å². The predicted molar refractivity (Wildman–Crippen MR) is 84.9 cm³/mol. The topological polar surface area (TPSA) is 80.9 Å². The Morgan fingerprint density at radius 2 is 2.23 bits per heavy atom. The first-order chi connectivity index (χ1) is 10.7. The Hall–Kier alpha value is -2.32. The van der Waals surface area contributed by atoms with Gasteiger partial charge in [0.15, 0.2) is 11.5 Å². The first-order valence-corrected chi connectivity index (χ1v) is 7.49. The number of hydrogen-bond acceptors (Lipinski definition) is 7. The van der Waals surface area contributed by atoms with Crippen LogP contribution in [-0.4, -0.2) is 47.1 Å². The maximum absolute atomic E-state index is 9.69. The summed E-state index contributed by atoms with van der Waals surface area (Å²) in [5.74, 6) is 0.522. The molecule has 0 spiro atoms. The smallest absolute Gasteiger partial charge is 0.214 e. The minimum absolute atomic E-state index is 0.104. The third-order valence-corrected chi connectivity index (χ3v) is 4.02. The zero-order valence-corrected chi connectivity index (χ0v) is 13.1. The molecule has 0 aliphatic carbocycles. The standard InChI is InChI=1S/C14H16N4O3S/c1-20-6-5-15-13-17-18-10(8-16-14(18)22-13)9-3-4-11(19)12(7-9)21-2/h3-4,7-8,19H,5-6H2,1-2H3,(H,15,17). The van der Waals surface area contributed by atoms with Gasteiger partial charge in [-0.1, -0.05) is 11.3 Å². The summed E-state index contributed by atoms with van der Waals surface area (Å²) in [5.41, 5.74) is 1.71. The number of ether oxygens (including phenoxy) is 2. The summed E-state index contributed by atoms with van der Waals surface area (Å²) in [6, 6.07) is 5.16. The molecular weight excluding hydrogens is 304 g/mol. The number of anilines is 1. The second-order valence-electron chi connectivity index (χ2n) is 4.55. The number of methoxy groups -OCH3 is 2. The summed E-state index contributed by atoms with van der Waals surface area (Å²) in [6.45, 7) is 1.31. The molecule has 0 aliphatic rings. The van der Waals surface area contributed by atoms with Crippen molar-refractivity contribution in [3.05, 3.63) is 24.4 Å². The van der Waals surface area contributed by atoms with Gasteiger partial charge >= 0.3 is 0 Å². The lowest BCUT2D eigenvalue weighted by molar-refractivity contribution is 0.210. The molecule has 116 valence electrons. The Labute approximate surface area is 131 Å². The zero-order valence-electron chi connectivity index (χ0n) is 12.2. The molecule has 1 aromatic carbocycles. The Balaban J connectivity index is 1.93. The minimum Gasteiger partial charge on any atom is -0.504 e. The molecule has 0 fully saturated rings. The highest BCUT2D eigenvalue weighted by molar-refractivity contribution is 7.20. The molecule has 2 N–H and O–H groups in total. The fourth-order valence-corrected chi connectivity index (χ4v) is 2.86. The summed E-state index contributed by atoms with van der Waals surface area (Å²) >= 11 is 1.47. The molecule has 0 unspecified atom stereocenters. The van der Waals surface area contributed by atoms with E-state index in [-0.39, 0.29) is 5.75 Å². The van der Waals surface area contributed by atoms with Crippen molar-refractivity contribution in [2.75, 3.05) is 32.7 Å². The molecule has 8 heteroatoms. The van der Waals surface area contributed by atoms with Crippen LogP contribution in [0, 0.1) is 0 Å². The first-order valence-electron chi connectivity index (χ1n) is 6.67. The Bertz CT molecular complexity index is 784. The molecule has 0 atom stereocenters. The number of benzene rings is 1. The van der Waals surface area contributed by atoms with Crippen molar-refractivity contribution >= 4 is 21.4 Å². The summed E-state index contributed by atoms with van der Waals surface area (Å²) in [6.07, 6.45) is 1.75. The maximum atomic E-state index is 9.69. The van der Waals surface area contributed by atoms with Gasteiger partial charge in [-0.3, -0.25) is 0 Å². The molecule has 0 saturated heterocycles. The third-order valence-electron chi connectivity index (χ3n) is 3.14. The fourth-order valence-electron chi connectivity index (χ4n) is 2.06. The lowest BCUT2D eigenvalue weighted by Crippen LogP contribution is -2.07. The van der Waals surface area contributed by atoms with Gasteiger partial charge in [-0.15, -0.1) is 5.10 Å². The van der Waals surface area contributed by atoms with Crippen LogP contribution >= 0.6 is 11.3 Å². The molecule has 0 saturated carbocycles. The van der Waals surface area contributed by atoms with Crippen LogP contribution in [0.2, 0.25) is 0 Å². The molecule has 0 bridgehead atoms. The summed E-state index contributed by atoms with van der Waals surface area (Å²) in [5, 5.41) is 18.2. The zero-order chi connectivity index (χ0) is 15.5.